The Kier molecular flexibility index (Phi) is 55.1. The van der Waals surface area contributed by atoms with Gasteiger partial charge in [0.05, 0.1) is 37.4 Å². The third-order valence-electron chi connectivity index (χ3n) is 9.23. The van der Waals surface area contributed by atoms with Gasteiger partial charge in [0.15, 0.2) is 17.1 Å². The van der Waals surface area contributed by atoms with E-state index in [0.717, 1.165) is 48.9 Å². The Balaban J connectivity index is -0.000000462. The molecule has 25 nitrogen and oxygen atoms in total. The molecule has 0 aromatic heterocycles. The second-order valence-corrected chi connectivity index (χ2v) is 15.7. The third-order valence-corrected chi connectivity index (χ3v) is 9.23. The Morgan fingerprint density at radius 2 is 0.916 bits per heavy atom. The van der Waals surface area contributed by atoms with Gasteiger partial charge in [-0.25, -0.2) is 4.79 Å². The van der Waals surface area contributed by atoms with Gasteiger partial charge in [-0.3, -0.25) is 0 Å². The number of azo groups is 1. The number of hydrogen-bond acceptors (Lipinski definition) is 23. The lowest BCUT2D eigenvalue weighted by molar-refractivity contribution is -0.137. The summed E-state index contributed by atoms with van der Waals surface area (Å²) >= 11 is 0. The first kappa shape index (κ1) is 80.0. The normalized spacial score (nSPS) is 8.86. The summed E-state index contributed by atoms with van der Waals surface area (Å²) < 4.78 is 91.2. The third kappa shape index (κ3) is 51.7. The van der Waals surface area contributed by atoms with E-state index in [9.17, 15) is 4.79 Å². The molecule has 0 aliphatic heterocycles. The highest BCUT2D eigenvalue weighted by molar-refractivity contribution is 7.59. The molecule has 4 N–H and O–H groups in total. The molecule has 0 saturated carbocycles. The van der Waals surface area contributed by atoms with Gasteiger partial charge in [0.25, 0.3) is 0 Å². The molecule has 6 aromatic carbocycles. The summed E-state index contributed by atoms with van der Waals surface area (Å²) in [5, 5.41) is 33.3. The molecule has 0 saturated heterocycles. The topological polar surface area (TPSA) is 357 Å². The fourth-order valence-corrected chi connectivity index (χ4v) is 5.74. The summed E-state index contributed by atoms with van der Waals surface area (Å²) in [7, 11) is -9.33. The zero-order valence-electron chi connectivity index (χ0n) is 45.4. The molecule has 0 heterocycles. The van der Waals surface area contributed by atoms with E-state index >= 15 is 0 Å². The summed E-state index contributed by atoms with van der Waals surface area (Å²) in [6.45, 7) is 19.5. The van der Waals surface area contributed by atoms with Crippen LogP contribution in [0.5, 0.6) is 0 Å². The van der Waals surface area contributed by atoms with E-state index in [1.807, 2.05) is 140 Å². The fourth-order valence-electron chi connectivity index (χ4n) is 5.74. The van der Waals surface area contributed by atoms with Gasteiger partial charge in [-0.05, 0) is 93.6 Å². The molecule has 0 spiro atoms. The predicted molar refractivity (Wildman–Crippen MR) is 319 cm³/mol. The lowest BCUT2D eigenvalue weighted by Gasteiger charge is -2.22. The number of aliphatic hydroxyl groups excluding tert-OH is 1. The summed E-state index contributed by atoms with van der Waals surface area (Å²) in [5.41, 5.74) is 11.8. The Bertz CT molecular complexity index is 2910. The largest absolute Gasteiger partial charge is 0.476 e. The van der Waals surface area contributed by atoms with E-state index in [0.29, 0.717) is 32.0 Å². The summed E-state index contributed by atoms with van der Waals surface area (Å²) in [6, 6.07) is 56.3. The van der Waals surface area contributed by atoms with Crippen molar-refractivity contribution in [3.8, 4) is 0 Å². The van der Waals surface area contributed by atoms with E-state index in [4.69, 9.17) is 78.4 Å². The van der Waals surface area contributed by atoms with Crippen molar-refractivity contribution < 1.29 is 67.2 Å². The molecule has 6 aromatic rings. The maximum absolute atomic E-state index is 11.1. The van der Waals surface area contributed by atoms with Gasteiger partial charge in [0, 0.05) is 73.7 Å². The van der Waals surface area contributed by atoms with Crippen LogP contribution in [-0.2, 0) is 50.8 Å². The quantitative estimate of drug-likeness (QED) is 0.00611. The second-order valence-electron chi connectivity index (χ2n) is 14.5. The molecular weight excluding hydrogens is 1140 g/mol. The number of hydrogen-bond donors (Lipinski definition) is 3. The van der Waals surface area contributed by atoms with Gasteiger partial charge >= 0.3 is 43.5 Å². The monoisotopic (exact) mass is 1210 g/mol. The average molecular weight is 1210 g/mol. The molecule has 28 heteroatoms. The van der Waals surface area contributed by atoms with Crippen LogP contribution in [0.25, 0.3) is 4.98 Å². The standard InChI is InChI=1S/C19H21N3O2.C13H19NO2.C10H15NO.C6H5N2.C6H7N.CH4.HNO2.3O3S/c1-3-19(23)24-15-14-22(4-2)18-12-10-17(11-13-18)21-20-16-8-6-5-7-9-16;1-3-14(10-11-16-12-15-4-2)13-8-6-5-7-9-13;1-2-11(8-9-12)10-6-4-3-5-7-10;7-8-6-4-2-1-3-5-6;7-6-4-2-1-3-5-6;;2-1-3;3*1-4(2)3/h3,5-13H,1,4,14-15H2,2H3;4-9H,2-3,10-12H2,1H3;3-7,12H,2,8-9H2,1H3;1-5H;1-5H,7H2;1H4;(H,2,3);;;/q;;;+1;;;;;;. The average Bonchev–Trinajstić information content (AvgIpc) is 3.51. The summed E-state index contributed by atoms with van der Waals surface area (Å²) in [5.74, 6) is -0.400. The van der Waals surface area contributed by atoms with Crippen molar-refractivity contribution in [1.82, 2.24) is 0 Å². The number of anilines is 4. The number of nitrogens with zero attached hydrogens (tertiary/aromatic N) is 8. The highest BCUT2D eigenvalue weighted by atomic mass is 32.2. The maximum Gasteiger partial charge on any atom is 0.425 e. The molecule has 0 fully saturated rings. The van der Waals surface area contributed by atoms with Gasteiger partial charge in [0.1, 0.15) is 6.61 Å². The van der Waals surface area contributed by atoms with E-state index in [1.54, 1.807) is 12.1 Å². The Hall–Kier alpha value is -9.53. The van der Waals surface area contributed by atoms with Crippen molar-refractivity contribution in [3.63, 3.8) is 0 Å². The minimum atomic E-state index is -3.11. The van der Waals surface area contributed by atoms with Crippen LogP contribution in [0.4, 0.5) is 39.8 Å². The highest BCUT2D eigenvalue weighted by Crippen LogP contribution is 2.22. The number of aliphatic hydroxyl groups is 1. The molecule has 0 bridgehead atoms. The maximum atomic E-state index is 11.1. The molecule has 0 unspecified atom stereocenters. The molecular formula is C55H72N9O16S3+. The van der Waals surface area contributed by atoms with Crippen LogP contribution in [0.2, 0.25) is 0 Å². The zero-order valence-corrected chi connectivity index (χ0v) is 47.8. The number of carbonyl (C=O) groups is 1. The Morgan fingerprint density at radius 1 is 0.578 bits per heavy atom. The van der Waals surface area contributed by atoms with Crippen molar-refractivity contribution in [2.75, 3.05) is 86.3 Å². The van der Waals surface area contributed by atoms with Gasteiger partial charge in [-0.15, -0.1) is 42.8 Å². The molecule has 0 radical (unpaired) electrons. The van der Waals surface area contributed by atoms with Crippen molar-refractivity contribution in [3.05, 3.63) is 211 Å². The van der Waals surface area contributed by atoms with Crippen LogP contribution in [0.3, 0.4) is 0 Å². The molecule has 0 aliphatic rings. The number of benzene rings is 6. The summed E-state index contributed by atoms with van der Waals surface area (Å²) in [4.78, 5) is 28.7. The van der Waals surface area contributed by atoms with Gasteiger partial charge in [-0.1, -0.05) is 112 Å². The van der Waals surface area contributed by atoms with Crippen LogP contribution >= 0.6 is 0 Å². The van der Waals surface area contributed by atoms with Crippen molar-refractivity contribution in [2.24, 2.45) is 15.6 Å². The van der Waals surface area contributed by atoms with Crippen LogP contribution in [-0.4, -0.2) is 120 Å². The first-order valence-corrected chi connectivity index (χ1v) is 27.0. The number of carbonyl (C=O) groups excluding carboxylic acids is 1. The van der Waals surface area contributed by atoms with E-state index in [1.165, 1.54) is 29.1 Å². The van der Waals surface area contributed by atoms with Crippen molar-refractivity contribution in [1.29, 1.82) is 5.39 Å². The number of para-hydroxylation sites is 3. The van der Waals surface area contributed by atoms with Crippen LogP contribution in [0, 0.1) is 10.3 Å². The van der Waals surface area contributed by atoms with Crippen LogP contribution in [0.1, 0.15) is 28.2 Å². The summed E-state index contributed by atoms with van der Waals surface area (Å²) in [6.07, 6.45) is 2.55. The number of nitrogens with two attached hydrogens (primary N) is 1. The number of nitrogen functional groups attached to an aromatic ring is 1. The SMILES string of the molecule is C.C=CC(=O)OCCN(CC)c1ccc(N=Nc2ccccc2)cc1.C=COCOCCN(CC)c1ccccc1.CCN(CCO)c1ccccc1.N#[N+]c1ccccc1.Nc1ccccc1.O=NO.O=S(=O)=O.O=S(=O)=O.O=S(=O)=O. The number of diazo groups is 1. The molecule has 0 amide bonds. The number of ether oxygens (including phenoxy) is 3. The zero-order chi connectivity index (χ0) is 62.0. The van der Waals surface area contributed by atoms with Crippen molar-refractivity contribution >= 4 is 77.6 Å². The first-order valence-electron chi connectivity index (χ1n) is 24.0. The van der Waals surface area contributed by atoms with E-state index in [2.05, 4.69) is 88.1 Å². The van der Waals surface area contributed by atoms with Crippen molar-refractivity contribution in [2.45, 2.75) is 28.2 Å². The number of esters is 1. The molecule has 0 atom stereocenters. The number of rotatable bonds is 20. The molecule has 83 heavy (non-hydrogen) atoms. The van der Waals surface area contributed by atoms with E-state index < -0.39 is 37.8 Å². The Labute approximate surface area is 489 Å². The lowest BCUT2D eigenvalue weighted by Crippen LogP contribution is -2.27. The molecule has 450 valence electrons. The van der Waals surface area contributed by atoms with Gasteiger partial charge in [0.2, 0.25) is 5.39 Å². The highest BCUT2D eigenvalue weighted by Gasteiger charge is 2.06. The van der Waals surface area contributed by atoms with Gasteiger partial charge < -0.3 is 45.0 Å². The Morgan fingerprint density at radius 3 is 1.24 bits per heavy atom. The lowest BCUT2D eigenvalue weighted by atomic mass is 10.2. The predicted octanol–water partition coefficient (Wildman–Crippen LogP) is 10.0. The fraction of sp³-hybridized carbons (Fsp3) is 0.255. The minimum absolute atomic E-state index is 0. The molecule has 6 rings (SSSR count). The second kappa shape index (κ2) is 57.2. The molecule has 0 aliphatic carbocycles. The smallest absolute Gasteiger partial charge is 0.425 e. The number of likely N-dealkylation sites (N-methyl/N-ethyl adjacent to an activating group) is 3. The van der Waals surface area contributed by atoms with Gasteiger partial charge in [-0.2, -0.15) is 10.2 Å². The van der Waals surface area contributed by atoms with E-state index in [-0.39, 0.29) is 20.8 Å². The van der Waals surface area contributed by atoms with Crippen LogP contribution < -0.4 is 20.4 Å². The van der Waals surface area contributed by atoms with Crippen LogP contribution in [0.15, 0.2) is 217 Å². The first-order chi connectivity index (χ1) is 39.4. The minimum Gasteiger partial charge on any atom is -0.476 e.